The molecular formula is C26H32BrClN2O6. The molecular weight excluding hydrogens is 552 g/mol. The molecule has 3 aliphatic heterocycles. The van der Waals surface area contributed by atoms with Gasteiger partial charge in [0.1, 0.15) is 11.6 Å². The van der Waals surface area contributed by atoms with Gasteiger partial charge >= 0.3 is 5.97 Å². The molecule has 1 aromatic rings. The van der Waals surface area contributed by atoms with Crippen molar-refractivity contribution >= 4 is 51.0 Å². The molecule has 4 rings (SSSR count). The number of carbonyl (C=O) groups is 3. The molecule has 3 heterocycles. The number of rotatable bonds is 11. The van der Waals surface area contributed by atoms with Gasteiger partial charge in [-0.15, -0.1) is 6.58 Å². The highest BCUT2D eigenvalue weighted by atomic mass is 79.9. The van der Waals surface area contributed by atoms with E-state index in [1.807, 2.05) is 0 Å². The van der Waals surface area contributed by atoms with Crippen LogP contribution in [-0.2, 0) is 23.9 Å². The number of fused-ring (bicyclic) bond motifs is 1. The first-order valence-electron chi connectivity index (χ1n) is 12.4. The van der Waals surface area contributed by atoms with Gasteiger partial charge in [0.2, 0.25) is 5.91 Å². The van der Waals surface area contributed by atoms with Gasteiger partial charge in [-0.3, -0.25) is 14.4 Å². The fraction of sp³-hybridized carbons (Fsp3) is 0.577. The number of aliphatic hydroxyl groups is 1. The van der Waals surface area contributed by atoms with Gasteiger partial charge in [-0.25, -0.2) is 0 Å². The Morgan fingerprint density at radius 3 is 2.69 bits per heavy atom. The van der Waals surface area contributed by atoms with Crippen molar-refractivity contribution in [2.24, 2.45) is 11.8 Å². The third-order valence-electron chi connectivity index (χ3n) is 7.35. The van der Waals surface area contributed by atoms with Crippen LogP contribution in [0, 0.1) is 11.8 Å². The lowest BCUT2D eigenvalue weighted by Crippen LogP contribution is -2.57. The first kappa shape index (κ1) is 27.1. The predicted octanol–water partition coefficient (Wildman–Crippen LogP) is 3.33. The first-order valence-corrected chi connectivity index (χ1v) is 13.7. The summed E-state index contributed by atoms with van der Waals surface area (Å²) < 4.78 is 11.8. The van der Waals surface area contributed by atoms with Crippen molar-refractivity contribution in [1.29, 1.82) is 0 Å². The molecule has 1 aromatic carbocycles. The smallest absolute Gasteiger partial charge is 0.312 e. The Hall–Kier alpha value is -1.94. The quantitative estimate of drug-likeness (QED) is 0.186. The summed E-state index contributed by atoms with van der Waals surface area (Å²) in [6.45, 7) is 6.35. The largest absolute Gasteiger partial charge is 0.466 e. The van der Waals surface area contributed by atoms with Crippen LogP contribution in [0.25, 0.3) is 0 Å². The van der Waals surface area contributed by atoms with Crippen LogP contribution in [0.15, 0.2) is 36.9 Å². The summed E-state index contributed by atoms with van der Waals surface area (Å²) in [6.07, 6.45) is 3.44. The van der Waals surface area contributed by atoms with Crippen LogP contribution in [0.2, 0.25) is 5.02 Å². The number of esters is 1. The molecule has 0 saturated carbocycles. The molecule has 2 bridgehead atoms. The van der Waals surface area contributed by atoms with Crippen molar-refractivity contribution in [2.45, 2.75) is 55.2 Å². The second-order valence-electron chi connectivity index (χ2n) is 9.45. The van der Waals surface area contributed by atoms with Gasteiger partial charge in [0.05, 0.1) is 24.5 Å². The van der Waals surface area contributed by atoms with Crippen LogP contribution in [0.3, 0.4) is 0 Å². The van der Waals surface area contributed by atoms with Crippen molar-refractivity contribution < 1.29 is 29.0 Å². The number of benzene rings is 1. The maximum Gasteiger partial charge on any atom is 0.312 e. The molecule has 196 valence electrons. The molecule has 36 heavy (non-hydrogen) atoms. The number of carbonyl (C=O) groups excluding carboxylic acids is 3. The lowest BCUT2D eigenvalue weighted by molar-refractivity contribution is -0.154. The van der Waals surface area contributed by atoms with Gasteiger partial charge < -0.3 is 24.4 Å². The molecule has 3 fully saturated rings. The minimum Gasteiger partial charge on any atom is -0.466 e. The van der Waals surface area contributed by atoms with E-state index in [1.165, 1.54) is 0 Å². The SMILES string of the molecule is C=CCN(C(=O)C1N(CCCCCO)C(=O)[C@@H]2[C@H](C(=O)OCC)[C@H]3OC12CC3Br)c1ccc(Cl)cc1. The Morgan fingerprint density at radius 1 is 1.33 bits per heavy atom. The van der Waals surface area contributed by atoms with Crippen molar-refractivity contribution in [3.63, 3.8) is 0 Å². The molecule has 1 spiro atoms. The van der Waals surface area contributed by atoms with Crippen molar-refractivity contribution in [2.75, 3.05) is 31.2 Å². The third kappa shape index (κ3) is 4.59. The molecule has 8 nitrogen and oxygen atoms in total. The molecule has 0 radical (unpaired) electrons. The Morgan fingerprint density at radius 2 is 2.06 bits per heavy atom. The van der Waals surface area contributed by atoms with Crippen LogP contribution in [0.1, 0.15) is 32.6 Å². The lowest BCUT2D eigenvalue weighted by Gasteiger charge is -2.37. The molecule has 1 N–H and O–H groups in total. The summed E-state index contributed by atoms with van der Waals surface area (Å²) in [6, 6.07) is 6.00. The molecule has 10 heteroatoms. The van der Waals surface area contributed by atoms with Crippen LogP contribution in [0.4, 0.5) is 5.69 Å². The normalized spacial score (nSPS) is 30.4. The number of halogens is 2. The summed E-state index contributed by atoms with van der Waals surface area (Å²) in [7, 11) is 0. The zero-order valence-electron chi connectivity index (χ0n) is 20.3. The number of nitrogens with zero attached hydrogens (tertiary/aromatic N) is 2. The number of anilines is 1. The highest BCUT2D eigenvalue weighted by Gasteiger charge is 2.77. The maximum atomic E-state index is 14.3. The standard InChI is InChI=1S/C26H32BrClN2O6/c1-3-12-29(17-10-8-16(28)9-11-17)24(33)22-26-15-18(27)21(36-26)19(25(34)35-4-2)20(26)23(32)30(22)13-6-5-7-14-31/h3,8-11,18-22,31H,1,4-7,12-15H2,2H3/t18?,19-,20-,21-,22?,26?/m0/s1. The van der Waals surface area contributed by atoms with Gasteiger partial charge in [-0.2, -0.15) is 0 Å². The first-order chi connectivity index (χ1) is 17.3. The summed E-state index contributed by atoms with van der Waals surface area (Å²) in [5.41, 5.74) is -0.519. The van der Waals surface area contributed by atoms with E-state index >= 15 is 0 Å². The van der Waals surface area contributed by atoms with E-state index in [2.05, 4.69) is 22.5 Å². The number of likely N-dealkylation sites (tertiary alicyclic amines) is 1. The van der Waals surface area contributed by atoms with Gasteiger partial charge in [0.15, 0.2) is 0 Å². The number of hydrogen-bond donors (Lipinski definition) is 1. The Bertz CT molecular complexity index is 1010. The van der Waals surface area contributed by atoms with Gasteiger partial charge in [0, 0.05) is 35.2 Å². The van der Waals surface area contributed by atoms with E-state index in [0.29, 0.717) is 42.9 Å². The maximum absolute atomic E-state index is 14.3. The molecule has 3 aliphatic rings. The second-order valence-corrected chi connectivity index (χ2v) is 11.1. The number of aliphatic hydroxyl groups excluding tert-OH is 1. The zero-order valence-corrected chi connectivity index (χ0v) is 22.6. The summed E-state index contributed by atoms with van der Waals surface area (Å²) in [5.74, 6) is -2.59. The zero-order chi connectivity index (χ0) is 26.0. The van der Waals surface area contributed by atoms with Crippen LogP contribution in [-0.4, -0.2) is 76.7 Å². The van der Waals surface area contributed by atoms with Gasteiger partial charge in [-0.05, 0) is 56.9 Å². The van der Waals surface area contributed by atoms with Crippen LogP contribution in [0.5, 0.6) is 0 Å². The van der Waals surface area contributed by atoms with Crippen LogP contribution >= 0.6 is 27.5 Å². The van der Waals surface area contributed by atoms with Gasteiger partial charge in [0.25, 0.3) is 5.91 Å². The minimum absolute atomic E-state index is 0.0630. The number of alkyl halides is 1. The molecule has 2 amide bonds. The lowest BCUT2D eigenvalue weighted by atomic mass is 9.70. The monoisotopic (exact) mass is 582 g/mol. The fourth-order valence-electron chi connectivity index (χ4n) is 5.95. The molecule has 6 atom stereocenters. The average Bonchev–Trinajstić information content (AvgIpc) is 3.44. The van der Waals surface area contributed by atoms with Crippen LogP contribution < -0.4 is 4.90 Å². The Kier molecular flexibility index (Phi) is 8.44. The van der Waals surface area contributed by atoms with E-state index in [-0.39, 0.29) is 36.4 Å². The number of amides is 2. The van der Waals surface area contributed by atoms with Crippen molar-refractivity contribution in [1.82, 2.24) is 4.90 Å². The highest BCUT2D eigenvalue weighted by molar-refractivity contribution is 9.09. The number of ether oxygens (including phenoxy) is 2. The fourth-order valence-corrected chi connectivity index (χ4v) is 7.02. The van der Waals surface area contributed by atoms with E-state index in [1.54, 1.807) is 47.1 Å². The van der Waals surface area contributed by atoms with E-state index in [4.69, 9.17) is 21.1 Å². The molecule has 0 aliphatic carbocycles. The summed E-state index contributed by atoms with van der Waals surface area (Å²) >= 11 is 9.72. The van der Waals surface area contributed by atoms with Crippen molar-refractivity contribution in [3.05, 3.63) is 41.9 Å². The predicted molar refractivity (Wildman–Crippen MR) is 139 cm³/mol. The van der Waals surface area contributed by atoms with E-state index in [0.717, 1.165) is 0 Å². The Balaban J connectivity index is 1.75. The van der Waals surface area contributed by atoms with Crippen molar-refractivity contribution in [3.8, 4) is 0 Å². The highest BCUT2D eigenvalue weighted by Crippen LogP contribution is 2.60. The van der Waals surface area contributed by atoms with E-state index in [9.17, 15) is 19.5 Å². The number of hydrogen-bond acceptors (Lipinski definition) is 6. The summed E-state index contributed by atoms with van der Waals surface area (Å²) in [4.78, 5) is 44.2. The minimum atomic E-state index is -1.15. The van der Waals surface area contributed by atoms with Gasteiger partial charge in [-0.1, -0.05) is 33.6 Å². The molecule has 3 unspecified atom stereocenters. The number of unbranched alkanes of at least 4 members (excludes halogenated alkanes) is 2. The third-order valence-corrected chi connectivity index (χ3v) is 8.45. The summed E-state index contributed by atoms with van der Waals surface area (Å²) in [5, 5.41) is 9.73. The second kappa shape index (κ2) is 11.2. The van der Waals surface area contributed by atoms with E-state index < -0.39 is 35.6 Å². The average molecular weight is 584 g/mol. The molecule has 3 saturated heterocycles. The molecule has 0 aromatic heterocycles. The topological polar surface area (TPSA) is 96.4 Å². The Labute approximate surface area is 224 Å².